The van der Waals surface area contributed by atoms with E-state index in [-0.39, 0.29) is 11.3 Å². The minimum atomic E-state index is -0.630. The SMILES string of the molecule is CC(C)(C)OC(=O)N1CCc2cccc(NC(C#N)=C(C#N)C#N)c21. The number of amides is 1. The van der Waals surface area contributed by atoms with Gasteiger partial charge < -0.3 is 10.1 Å². The highest BCUT2D eigenvalue weighted by Gasteiger charge is 2.31. The van der Waals surface area contributed by atoms with Gasteiger partial charge in [0.25, 0.3) is 0 Å². The number of carbonyl (C=O) groups is 1. The van der Waals surface area contributed by atoms with Crippen LogP contribution in [-0.2, 0) is 11.2 Å². The van der Waals surface area contributed by atoms with Crippen LogP contribution in [0.4, 0.5) is 16.2 Å². The number of benzene rings is 1. The van der Waals surface area contributed by atoms with Gasteiger partial charge >= 0.3 is 6.09 Å². The summed E-state index contributed by atoms with van der Waals surface area (Å²) in [5.41, 5.74) is 0.884. The van der Waals surface area contributed by atoms with Crippen LogP contribution in [0, 0.1) is 34.0 Å². The highest BCUT2D eigenvalue weighted by atomic mass is 16.6. The maximum Gasteiger partial charge on any atom is 0.414 e. The molecule has 1 N–H and O–H groups in total. The molecule has 126 valence electrons. The third-order valence-electron chi connectivity index (χ3n) is 3.45. The molecule has 0 saturated heterocycles. The summed E-state index contributed by atoms with van der Waals surface area (Å²) in [5, 5.41) is 29.9. The Morgan fingerprint density at radius 2 is 1.88 bits per heavy atom. The normalized spacial score (nSPS) is 12.2. The number of hydrogen-bond donors (Lipinski definition) is 1. The standard InChI is InChI=1S/C18H17N5O2/c1-18(2,3)25-17(24)23-8-7-12-5-4-6-14(16(12)23)22-15(11-21)13(9-19)10-20/h4-6,22H,7-8H2,1-3H3. The number of nitrogens with zero attached hydrogens (tertiary/aromatic N) is 4. The fourth-order valence-corrected chi connectivity index (χ4v) is 2.47. The number of fused-ring (bicyclic) bond motifs is 1. The Hall–Kier alpha value is -3.50. The lowest BCUT2D eigenvalue weighted by atomic mass is 10.1. The molecule has 2 rings (SSSR count). The quantitative estimate of drug-likeness (QED) is 0.830. The molecule has 1 aliphatic heterocycles. The van der Waals surface area contributed by atoms with Gasteiger partial charge in [0.05, 0.1) is 11.4 Å². The van der Waals surface area contributed by atoms with Gasteiger partial charge in [-0.15, -0.1) is 0 Å². The second kappa shape index (κ2) is 6.95. The van der Waals surface area contributed by atoms with Crippen LogP contribution in [0.2, 0.25) is 0 Å². The Kier molecular flexibility index (Phi) is 4.96. The summed E-state index contributed by atoms with van der Waals surface area (Å²) in [6.07, 6.45) is 0.169. The van der Waals surface area contributed by atoms with E-state index in [9.17, 15) is 10.1 Å². The molecule has 25 heavy (non-hydrogen) atoms. The van der Waals surface area contributed by atoms with Crippen molar-refractivity contribution in [1.29, 1.82) is 15.8 Å². The van der Waals surface area contributed by atoms with E-state index in [0.29, 0.717) is 24.3 Å². The van der Waals surface area contributed by atoms with Crippen molar-refractivity contribution < 1.29 is 9.53 Å². The summed E-state index contributed by atoms with van der Waals surface area (Å²) < 4.78 is 5.43. The molecule has 0 fully saturated rings. The number of nitriles is 3. The molecule has 1 heterocycles. The van der Waals surface area contributed by atoms with E-state index in [1.807, 2.05) is 12.1 Å². The third-order valence-corrected chi connectivity index (χ3v) is 3.45. The van der Waals surface area contributed by atoms with E-state index in [4.69, 9.17) is 15.3 Å². The molecular weight excluding hydrogens is 318 g/mol. The Morgan fingerprint density at radius 3 is 2.44 bits per heavy atom. The number of ether oxygens (including phenoxy) is 1. The molecule has 7 nitrogen and oxygen atoms in total. The Morgan fingerprint density at radius 1 is 1.20 bits per heavy atom. The summed E-state index contributed by atoms with van der Waals surface area (Å²) in [6.45, 7) is 5.82. The Bertz CT molecular complexity index is 843. The smallest absolute Gasteiger partial charge is 0.414 e. The summed E-state index contributed by atoms with van der Waals surface area (Å²) in [4.78, 5) is 14.0. The predicted molar refractivity (Wildman–Crippen MR) is 91.2 cm³/mol. The number of allylic oxidation sites excluding steroid dienone is 2. The molecule has 1 aromatic carbocycles. The van der Waals surface area contributed by atoms with Gasteiger partial charge in [0.15, 0.2) is 5.57 Å². The van der Waals surface area contributed by atoms with Crippen molar-refractivity contribution >= 4 is 17.5 Å². The molecule has 0 aliphatic carbocycles. The molecule has 0 aromatic heterocycles. The number of carbonyl (C=O) groups excluding carboxylic acids is 1. The number of nitrogens with one attached hydrogen (secondary N) is 1. The molecule has 1 amide bonds. The zero-order valence-electron chi connectivity index (χ0n) is 14.3. The van der Waals surface area contributed by atoms with E-state index in [1.165, 1.54) is 4.90 Å². The van der Waals surface area contributed by atoms with Crippen LogP contribution in [0.25, 0.3) is 0 Å². The van der Waals surface area contributed by atoms with Crippen molar-refractivity contribution in [2.24, 2.45) is 0 Å². The van der Waals surface area contributed by atoms with Crippen molar-refractivity contribution in [2.75, 3.05) is 16.8 Å². The maximum absolute atomic E-state index is 12.5. The lowest BCUT2D eigenvalue weighted by Crippen LogP contribution is -2.36. The Balaban J connectivity index is 2.43. The van der Waals surface area contributed by atoms with Gasteiger partial charge in [-0.25, -0.2) is 4.79 Å². The van der Waals surface area contributed by atoms with E-state index in [2.05, 4.69) is 5.32 Å². The van der Waals surface area contributed by atoms with Crippen LogP contribution >= 0.6 is 0 Å². The molecule has 0 saturated carbocycles. The van der Waals surface area contributed by atoms with Crippen LogP contribution in [-0.4, -0.2) is 18.2 Å². The lowest BCUT2D eigenvalue weighted by molar-refractivity contribution is 0.0584. The molecule has 1 aromatic rings. The van der Waals surface area contributed by atoms with Crippen LogP contribution in [0.15, 0.2) is 29.5 Å². The first kappa shape index (κ1) is 17.8. The zero-order valence-corrected chi connectivity index (χ0v) is 14.3. The molecule has 0 unspecified atom stereocenters. The minimum Gasteiger partial charge on any atom is -0.443 e. The van der Waals surface area contributed by atoms with Gasteiger partial charge in [0, 0.05) is 6.54 Å². The second-order valence-electron chi connectivity index (χ2n) is 6.41. The van der Waals surface area contributed by atoms with E-state index < -0.39 is 11.7 Å². The summed E-state index contributed by atoms with van der Waals surface area (Å²) in [6, 6.07) is 10.5. The van der Waals surface area contributed by atoms with Crippen LogP contribution < -0.4 is 10.2 Å². The van der Waals surface area contributed by atoms with Gasteiger partial charge in [0.2, 0.25) is 0 Å². The Labute approximate surface area is 146 Å². The van der Waals surface area contributed by atoms with Crippen molar-refractivity contribution in [3.8, 4) is 18.2 Å². The first-order valence-corrected chi connectivity index (χ1v) is 7.64. The molecule has 0 atom stereocenters. The molecular formula is C18H17N5O2. The number of anilines is 2. The highest BCUT2D eigenvalue weighted by molar-refractivity contribution is 5.96. The first-order chi connectivity index (χ1) is 11.8. The molecule has 0 bridgehead atoms. The van der Waals surface area contributed by atoms with E-state index in [0.717, 1.165) is 5.56 Å². The van der Waals surface area contributed by atoms with Crippen molar-refractivity contribution in [3.05, 3.63) is 35.0 Å². The van der Waals surface area contributed by atoms with E-state index >= 15 is 0 Å². The average molecular weight is 335 g/mol. The second-order valence-corrected chi connectivity index (χ2v) is 6.41. The minimum absolute atomic E-state index is 0.158. The molecule has 1 aliphatic rings. The number of hydrogen-bond acceptors (Lipinski definition) is 6. The molecule has 7 heteroatoms. The topological polar surface area (TPSA) is 113 Å². The number of para-hydroxylation sites is 1. The molecule has 0 radical (unpaired) electrons. The summed E-state index contributed by atoms with van der Waals surface area (Å²) >= 11 is 0. The van der Waals surface area contributed by atoms with Crippen LogP contribution in [0.5, 0.6) is 0 Å². The third kappa shape index (κ3) is 3.88. The van der Waals surface area contributed by atoms with Gasteiger partial charge in [-0.2, -0.15) is 15.8 Å². The largest absolute Gasteiger partial charge is 0.443 e. The lowest BCUT2D eigenvalue weighted by Gasteiger charge is -2.26. The average Bonchev–Trinajstić information content (AvgIpc) is 2.98. The van der Waals surface area contributed by atoms with Crippen LogP contribution in [0.1, 0.15) is 26.3 Å². The fourth-order valence-electron chi connectivity index (χ4n) is 2.47. The summed E-state index contributed by atoms with van der Waals surface area (Å²) in [5.74, 6) is 0. The van der Waals surface area contributed by atoms with Crippen molar-refractivity contribution in [2.45, 2.75) is 32.8 Å². The summed E-state index contributed by atoms with van der Waals surface area (Å²) in [7, 11) is 0. The number of rotatable bonds is 2. The molecule has 0 spiro atoms. The van der Waals surface area contributed by atoms with Crippen molar-refractivity contribution in [3.63, 3.8) is 0 Å². The van der Waals surface area contributed by atoms with Gasteiger partial charge in [0.1, 0.15) is 29.5 Å². The van der Waals surface area contributed by atoms with Gasteiger partial charge in [-0.1, -0.05) is 12.1 Å². The predicted octanol–water partition coefficient (Wildman–Crippen LogP) is 3.22. The zero-order chi connectivity index (χ0) is 18.6. The first-order valence-electron chi connectivity index (χ1n) is 7.64. The van der Waals surface area contributed by atoms with Crippen molar-refractivity contribution in [1.82, 2.24) is 0 Å². The fraction of sp³-hybridized carbons (Fsp3) is 0.333. The van der Waals surface area contributed by atoms with Gasteiger partial charge in [-0.05, 0) is 38.8 Å². The monoisotopic (exact) mass is 335 g/mol. The maximum atomic E-state index is 12.5. The van der Waals surface area contributed by atoms with E-state index in [1.54, 1.807) is 45.0 Å². The van der Waals surface area contributed by atoms with Gasteiger partial charge in [-0.3, -0.25) is 4.90 Å². The highest BCUT2D eigenvalue weighted by Crippen LogP contribution is 2.37. The van der Waals surface area contributed by atoms with Crippen LogP contribution in [0.3, 0.4) is 0 Å².